The normalized spacial score (nSPS) is 9.43. The minimum absolute atomic E-state index is 0.125. The van der Waals surface area contributed by atoms with E-state index >= 15 is 0 Å². The lowest BCUT2D eigenvalue weighted by atomic mass is 10.2. The van der Waals surface area contributed by atoms with Crippen molar-refractivity contribution in [1.29, 1.82) is 0 Å². The molecule has 0 aromatic carbocycles. The van der Waals surface area contributed by atoms with E-state index in [0.717, 1.165) is 0 Å². The van der Waals surface area contributed by atoms with E-state index < -0.39 is 12.1 Å². The number of aromatic nitrogens is 1. The van der Waals surface area contributed by atoms with E-state index in [4.69, 9.17) is 10.2 Å². The summed E-state index contributed by atoms with van der Waals surface area (Å²) < 4.78 is 0. The van der Waals surface area contributed by atoms with Crippen LogP contribution in [0.15, 0.2) is 18.3 Å². The maximum atomic E-state index is 10.3. The van der Waals surface area contributed by atoms with Crippen LogP contribution in [-0.4, -0.2) is 27.3 Å². The minimum Gasteiger partial charge on any atom is -0.481 e. The third-order valence-electron chi connectivity index (χ3n) is 1.42. The zero-order valence-electron chi connectivity index (χ0n) is 7.10. The highest BCUT2D eigenvalue weighted by Gasteiger charge is 2.02. The molecule has 0 aliphatic heterocycles. The Morgan fingerprint density at radius 3 is 2.50 bits per heavy atom. The zero-order valence-corrected chi connectivity index (χ0v) is 7.10. The van der Waals surface area contributed by atoms with Crippen LogP contribution < -0.4 is 5.32 Å². The number of anilines is 1. The molecule has 1 amide bonds. The molecule has 0 aliphatic rings. The van der Waals surface area contributed by atoms with Gasteiger partial charge in [0.1, 0.15) is 5.82 Å². The van der Waals surface area contributed by atoms with Gasteiger partial charge in [0.05, 0.1) is 6.42 Å². The van der Waals surface area contributed by atoms with Gasteiger partial charge in [-0.25, -0.2) is 9.78 Å². The topological polar surface area (TPSA) is 99.5 Å². The Kier molecular flexibility index (Phi) is 3.01. The van der Waals surface area contributed by atoms with Gasteiger partial charge in [-0.15, -0.1) is 0 Å². The summed E-state index contributed by atoms with van der Waals surface area (Å²) in [7, 11) is 0. The largest absolute Gasteiger partial charge is 0.481 e. The second-order valence-electron chi connectivity index (χ2n) is 2.55. The van der Waals surface area contributed by atoms with Crippen LogP contribution in [0.4, 0.5) is 10.6 Å². The first-order chi connectivity index (χ1) is 6.58. The number of nitrogens with one attached hydrogen (secondary N) is 1. The van der Waals surface area contributed by atoms with Gasteiger partial charge < -0.3 is 10.2 Å². The molecule has 0 saturated carbocycles. The van der Waals surface area contributed by atoms with E-state index in [1.54, 1.807) is 0 Å². The molecular formula is C8H8N2O4. The molecule has 0 spiro atoms. The van der Waals surface area contributed by atoms with Gasteiger partial charge in [-0.1, -0.05) is 6.07 Å². The number of carbonyl (C=O) groups is 2. The van der Waals surface area contributed by atoms with E-state index in [9.17, 15) is 9.59 Å². The van der Waals surface area contributed by atoms with Crippen molar-refractivity contribution in [3.05, 3.63) is 23.9 Å². The second-order valence-corrected chi connectivity index (χ2v) is 2.55. The van der Waals surface area contributed by atoms with Gasteiger partial charge in [0.15, 0.2) is 0 Å². The average Bonchev–Trinajstić information content (AvgIpc) is 2.06. The summed E-state index contributed by atoms with van der Waals surface area (Å²) in [5.74, 6) is -0.780. The van der Waals surface area contributed by atoms with E-state index in [2.05, 4.69) is 4.98 Å². The predicted molar refractivity (Wildman–Crippen MR) is 47.2 cm³/mol. The monoisotopic (exact) mass is 196 g/mol. The Balaban J connectivity index is 2.68. The molecule has 14 heavy (non-hydrogen) atoms. The van der Waals surface area contributed by atoms with Crippen LogP contribution in [0.1, 0.15) is 5.56 Å². The van der Waals surface area contributed by atoms with Crippen LogP contribution in [-0.2, 0) is 11.2 Å². The fourth-order valence-electron chi connectivity index (χ4n) is 0.887. The first-order valence-electron chi connectivity index (χ1n) is 3.74. The lowest BCUT2D eigenvalue weighted by molar-refractivity contribution is -0.136. The summed E-state index contributed by atoms with van der Waals surface area (Å²) in [6.07, 6.45) is -0.0109. The van der Waals surface area contributed by atoms with Crippen molar-refractivity contribution in [2.24, 2.45) is 0 Å². The Bertz CT molecular complexity index is 312. The van der Waals surface area contributed by atoms with Crippen molar-refractivity contribution in [3.63, 3.8) is 0 Å². The first kappa shape index (κ1) is 9.97. The van der Waals surface area contributed by atoms with Crippen molar-refractivity contribution >= 4 is 17.9 Å². The molecule has 1 heterocycles. The number of aliphatic carboxylic acids is 1. The smallest absolute Gasteiger partial charge is 0.410 e. The van der Waals surface area contributed by atoms with Crippen molar-refractivity contribution in [1.82, 2.24) is 4.98 Å². The molecule has 0 unspecified atom stereocenters. The Morgan fingerprint density at radius 1 is 1.36 bits per heavy atom. The summed E-state index contributed by atoms with van der Waals surface area (Å²) in [5, 5.41) is 18.8. The molecular weight excluding hydrogens is 188 g/mol. The number of hydrogen-bond donors (Lipinski definition) is 3. The van der Waals surface area contributed by atoms with Crippen molar-refractivity contribution in [3.8, 4) is 0 Å². The number of hydrogen-bond acceptors (Lipinski definition) is 3. The first-order valence-corrected chi connectivity index (χ1v) is 3.74. The highest BCUT2D eigenvalue weighted by Crippen LogP contribution is 2.05. The number of rotatable bonds is 3. The van der Waals surface area contributed by atoms with Gasteiger partial charge in [0, 0.05) is 6.20 Å². The van der Waals surface area contributed by atoms with Crippen LogP contribution in [0.5, 0.6) is 0 Å². The quantitative estimate of drug-likeness (QED) is 0.663. The number of carboxylic acids is 1. The second kappa shape index (κ2) is 4.22. The molecule has 6 nitrogen and oxygen atoms in total. The minimum atomic E-state index is -1.21. The molecule has 0 bridgehead atoms. The van der Waals surface area contributed by atoms with Crippen molar-refractivity contribution in [2.75, 3.05) is 5.32 Å². The van der Waals surface area contributed by atoms with Crippen LogP contribution in [0, 0.1) is 0 Å². The molecule has 1 aromatic rings. The predicted octanol–water partition coefficient (Wildman–Crippen LogP) is 0.799. The van der Waals surface area contributed by atoms with E-state index in [1.807, 2.05) is 5.32 Å². The van der Waals surface area contributed by atoms with Crippen LogP contribution in [0.3, 0.4) is 0 Å². The van der Waals surface area contributed by atoms with E-state index in [-0.39, 0.29) is 12.2 Å². The fourth-order valence-corrected chi connectivity index (χ4v) is 0.887. The van der Waals surface area contributed by atoms with Gasteiger partial charge in [-0.2, -0.15) is 0 Å². The Hall–Kier alpha value is -2.11. The van der Waals surface area contributed by atoms with E-state index in [0.29, 0.717) is 5.56 Å². The summed E-state index contributed by atoms with van der Waals surface area (Å²) in [6, 6.07) is 2.92. The highest BCUT2D eigenvalue weighted by molar-refractivity contribution is 5.81. The fraction of sp³-hybridized carbons (Fsp3) is 0.125. The number of carboxylic acid groups (broad SMARTS) is 2. The third kappa shape index (κ3) is 3.10. The van der Waals surface area contributed by atoms with Crippen molar-refractivity contribution < 1.29 is 19.8 Å². The molecule has 0 aliphatic carbocycles. The summed E-state index contributed by atoms with van der Waals surface area (Å²) in [4.78, 5) is 24.2. The highest BCUT2D eigenvalue weighted by atomic mass is 16.4. The average molecular weight is 196 g/mol. The SMILES string of the molecule is O=C(O)Cc1ccc(NC(=O)O)nc1. The third-order valence-corrected chi connectivity index (χ3v) is 1.42. The lowest BCUT2D eigenvalue weighted by Gasteiger charge is -2.00. The number of nitrogens with zero attached hydrogens (tertiary/aromatic N) is 1. The lowest BCUT2D eigenvalue weighted by Crippen LogP contribution is -2.09. The molecule has 74 valence electrons. The van der Waals surface area contributed by atoms with Gasteiger partial charge in [-0.05, 0) is 11.6 Å². The van der Waals surface area contributed by atoms with Gasteiger partial charge in [0.25, 0.3) is 0 Å². The Morgan fingerprint density at radius 2 is 2.07 bits per heavy atom. The molecule has 1 rings (SSSR count). The van der Waals surface area contributed by atoms with Gasteiger partial charge >= 0.3 is 12.1 Å². The summed E-state index contributed by atoms with van der Waals surface area (Å²) in [6.45, 7) is 0. The molecule has 1 aromatic heterocycles. The zero-order chi connectivity index (χ0) is 10.6. The molecule has 0 atom stereocenters. The number of amides is 1. The molecule has 3 N–H and O–H groups in total. The van der Waals surface area contributed by atoms with Crippen molar-refractivity contribution in [2.45, 2.75) is 6.42 Å². The molecule has 0 radical (unpaired) electrons. The maximum absolute atomic E-state index is 10.3. The number of pyridine rings is 1. The standard InChI is InChI=1S/C8H8N2O4/c11-7(12)3-5-1-2-6(9-4-5)10-8(13)14/h1-2,4H,3H2,(H,9,10)(H,11,12)(H,13,14). The van der Waals surface area contributed by atoms with Crippen LogP contribution in [0.2, 0.25) is 0 Å². The molecule has 0 fully saturated rings. The maximum Gasteiger partial charge on any atom is 0.410 e. The van der Waals surface area contributed by atoms with Gasteiger partial charge in [0.2, 0.25) is 0 Å². The van der Waals surface area contributed by atoms with Gasteiger partial charge in [-0.3, -0.25) is 10.1 Å². The van der Waals surface area contributed by atoms with E-state index in [1.165, 1.54) is 18.3 Å². The van der Waals surface area contributed by atoms with Crippen LogP contribution in [0.25, 0.3) is 0 Å². The molecule has 0 saturated heterocycles. The van der Waals surface area contributed by atoms with Crippen LogP contribution >= 0.6 is 0 Å². The summed E-state index contributed by atoms with van der Waals surface area (Å²) in [5.41, 5.74) is 0.522. The Labute approximate surface area is 79.2 Å². The molecule has 6 heteroatoms. The summed E-state index contributed by atoms with van der Waals surface area (Å²) >= 11 is 0.